The van der Waals surface area contributed by atoms with Gasteiger partial charge < -0.3 is 18.9 Å². The molecule has 3 rings (SSSR count). The number of methoxy groups -OCH3 is 2. The van der Waals surface area contributed by atoms with Crippen LogP contribution in [0, 0.1) is 6.92 Å². The van der Waals surface area contributed by atoms with E-state index in [2.05, 4.69) is 10.1 Å². The van der Waals surface area contributed by atoms with E-state index in [-0.39, 0.29) is 11.3 Å². The zero-order valence-electron chi connectivity index (χ0n) is 15.0. The van der Waals surface area contributed by atoms with Gasteiger partial charge in [0, 0.05) is 24.4 Å². The normalized spacial score (nSPS) is 13.5. The lowest BCUT2D eigenvalue weighted by atomic mass is 10.1. The number of rotatable bonds is 4. The Morgan fingerprint density at radius 1 is 1.04 bits per heavy atom. The van der Waals surface area contributed by atoms with Gasteiger partial charge in [-0.2, -0.15) is 4.98 Å². The van der Waals surface area contributed by atoms with Crippen LogP contribution >= 0.6 is 0 Å². The molecule has 0 unspecified atom stereocenters. The van der Waals surface area contributed by atoms with Crippen molar-refractivity contribution in [3.63, 3.8) is 0 Å². The molecule has 27 heavy (non-hydrogen) atoms. The fraction of sp³-hybridized carbons (Fsp3) is 0.158. The van der Waals surface area contributed by atoms with E-state index in [1.54, 1.807) is 54.4 Å². The van der Waals surface area contributed by atoms with Crippen LogP contribution in [0.5, 0.6) is 0 Å². The molecule has 0 N–H and O–H groups in total. The van der Waals surface area contributed by atoms with Gasteiger partial charge in [0.1, 0.15) is 5.70 Å². The lowest BCUT2D eigenvalue weighted by Gasteiger charge is -2.23. The number of benzene rings is 1. The number of carbonyl (C=O) groups is 2. The molecule has 1 aromatic carbocycles. The number of nitrogens with zero attached hydrogens (tertiary/aromatic N) is 3. The Kier molecular flexibility index (Phi) is 5.16. The molecule has 1 aliphatic rings. The average molecular weight is 367 g/mol. The number of ether oxygens (including phenoxy) is 2. The maximum atomic E-state index is 12.4. The molecule has 138 valence electrons. The van der Waals surface area contributed by atoms with Crippen molar-refractivity contribution in [2.75, 3.05) is 19.1 Å². The SMILES string of the molecule is COC(=O)C1=C(C(=O)OC)N(c2ccc(-c3noc(C)n3)cc2)C=CC=C1. The summed E-state index contributed by atoms with van der Waals surface area (Å²) >= 11 is 0. The molecule has 0 amide bonds. The van der Waals surface area contributed by atoms with Gasteiger partial charge in [-0.3, -0.25) is 0 Å². The lowest BCUT2D eigenvalue weighted by molar-refractivity contribution is -0.139. The van der Waals surface area contributed by atoms with Crippen LogP contribution in [0.3, 0.4) is 0 Å². The molecule has 8 nitrogen and oxygen atoms in total. The summed E-state index contributed by atoms with van der Waals surface area (Å²) < 4.78 is 14.7. The van der Waals surface area contributed by atoms with Crippen LogP contribution in [0.4, 0.5) is 5.69 Å². The first-order valence-electron chi connectivity index (χ1n) is 8.01. The van der Waals surface area contributed by atoms with Gasteiger partial charge in [0.25, 0.3) is 0 Å². The second-order valence-corrected chi connectivity index (χ2v) is 5.50. The monoisotopic (exact) mass is 367 g/mol. The summed E-state index contributed by atoms with van der Waals surface area (Å²) in [5.74, 6) is -0.371. The summed E-state index contributed by atoms with van der Waals surface area (Å²) in [5, 5.41) is 3.88. The Bertz CT molecular complexity index is 954. The first-order valence-corrected chi connectivity index (χ1v) is 8.01. The molecule has 0 atom stereocenters. The molecule has 0 saturated carbocycles. The van der Waals surface area contributed by atoms with E-state index in [0.29, 0.717) is 17.4 Å². The first-order chi connectivity index (χ1) is 13.0. The predicted molar refractivity (Wildman–Crippen MR) is 96.3 cm³/mol. The number of anilines is 1. The maximum absolute atomic E-state index is 12.4. The van der Waals surface area contributed by atoms with Crippen LogP contribution in [-0.2, 0) is 19.1 Å². The summed E-state index contributed by atoms with van der Waals surface area (Å²) in [6.07, 6.45) is 6.51. The van der Waals surface area contributed by atoms with Crippen molar-refractivity contribution in [1.29, 1.82) is 0 Å². The van der Waals surface area contributed by atoms with E-state index in [9.17, 15) is 9.59 Å². The van der Waals surface area contributed by atoms with Crippen molar-refractivity contribution < 1.29 is 23.6 Å². The minimum atomic E-state index is -0.663. The minimum absolute atomic E-state index is 0.0532. The van der Waals surface area contributed by atoms with Gasteiger partial charge in [-0.15, -0.1) is 0 Å². The fourth-order valence-electron chi connectivity index (χ4n) is 2.55. The second-order valence-electron chi connectivity index (χ2n) is 5.50. The van der Waals surface area contributed by atoms with Crippen LogP contribution in [0.25, 0.3) is 11.4 Å². The number of carbonyl (C=O) groups excluding carboxylic acids is 2. The average Bonchev–Trinajstić information content (AvgIpc) is 3.01. The second kappa shape index (κ2) is 7.69. The Labute approximate surface area is 155 Å². The van der Waals surface area contributed by atoms with E-state index >= 15 is 0 Å². The molecule has 0 bridgehead atoms. The first kappa shape index (κ1) is 18.1. The van der Waals surface area contributed by atoms with Crippen molar-refractivity contribution in [1.82, 2.24) is 10.1 Å². The maximum Gasteiger partial charge on any atom is 0.355 e. The molecule has 0 fully saturated rings. The number of allylic oxidation sites excluding steroid dienone is 2. The summed E-state index contributed by atoms with van der Waals surface area (Å²) in [4.78, 5) is 30.3. The largest absolute Gasteiger partial charge is 0.465 e. The van der Waals surface area contributed by atoms with Gasteiger partial charge in [0.05, 0.1) is 19.8 Å². The molecular weight excluding hydrogens is 350 g/mol. The van der Waals surface area contributed by atoms with Gasteiger partial charge in [0.15, 0.2) is 0 Å². The zero-order valence-corrected chi connectivity index (χ0v) is 15.0. The smallest absolute Gasteiger partial charge is 0.355 e. The van der Waals surface area contributed by atoms with Crippen LogP contribution in [0.1, 0.15) is 5.89 Å². The Hall–Kier alpha value is -3.68. The van der Waals surface area contributed by atoms with E-state index in [1.807, 2.05) is 0 Å². The zero-order chi connectivity index (χ0) is 19.4. The van der Waals surface area contributed by atoms with Gasteiger partial charge in [-0.05, 0) is 36.4 Å². The predicted octanol–water partition coefficient (Wildman–Crippen LogP) is 2.54. The third kappa shape index (κ3) is 3.64. The fourth-order valence-corrected chi connectivity index (χ4v) is 2.55. The standard InChI is InChI=1S/C19H17N3O5/c1-12-20-17(21-27-12)13-7-9-14(10-8-13)22-11-5-4-6-15(18(23)25-2)16(22)19(24)26-3/h4-11H,1-3H3. The van der Waals surface area contributed by atoms with Crippen LogP contribution in [0.2, 0.25) is 0 Å². The third-order valence-corrected chi connectivity index (χ3v) is 3.82. The molecule has 0 aliphatic carbocycles. The molecule has 2 heterocycles. The third-order valence-electron chi connectivity index (χ3n) is 3.82. The number of hydrogen-bond donors (Lipinski definition) is 0. The number of hydrogen-bond acceptors (Lipinski definition) is 8. The Morgan fingerprint density at radius 3 is 2.33 bits per heavy atom. The topological polar surface area (TPSA) is 94.8 Å². The molecule has 0 spiro atoms. The summed E-state index contributed by atoms with van der Waals surface area (Å²) in [6, 6.07) is 7.13. The highest BCUT2D eigenvalue weighted by molar-refractivity contribution is 6.05. The highest BCUT2D eigenvalue weighted by Crippen LogP contribution is 2.28. The van der Waals surface area contributed by atoms with E-state index < -0.39 is 11.9 Å². The van der Waals surface area contributed by atoms with Gasteiger partial charge in [0.2, 0.25) is 11.7 Å². The van der Waals surface area contributed by atoms with Gasteiger partial charge in [-0.1, -0.05) is 11.2 Å². The molecule has 1 aromatic heterocycles. The Balaban J connectivity index is 2.04. The molecular formula is C19H17N3O5. The van der Waals surface area contributed by atoms with Crippen LogP contribution in [0.15, 0.2) is 64.5 Å². The molecule has 0 radical (unpaired) electrons. The molecule has 8 heteroatoms. The van der Waals surface area contributed by atoms with E-state index in [0.717, 1.165) is 5.56 Å². The van der Waals surface area contributed by atoms with Crippen molar-refractivity contribution >= 4 is 17.6 Å². The molecule has 2 aromatic rings. The van der Waals surface area contributed by atoms with Crippen molar-refractivity contribution in [3.05, 3.63) is 65.9 Å². The van der Waals surface area contributed by atoms with Crippen molar-refractivity contribution in [2.24, 2.45) is 0 Å². The summed E-state index contributed by atoms with van der Waals surface area (Å²) in [5.41, 5.74) is 1.54. The summed E-state index contributed by atoms with van der Waals surface area (Å²) in [6.45, 7) is 1.71. The molecule has 0 saturated heterocycles. The van der Waals surface area contributed by atoms with Gasteiger partial charge in [-0.25, -0.2) is 9.59 Å². The highest BCUT2D eigenvalue weighted by atomic mass is 16.5. The lowest BCUT2D eigenvalue weighted by Crippen LogP contribution is -2.26. The van der Waals surface area contributed by atoms with Crippen molar-refractivity contribution in [3.8, 4) is 11.4 Å². The van der Waals surface area contributed by atoms with E-state index in [1.165, 1.54) is 20.3 Å². The highest BCUT2D eigenvalue weighted by Gasteiger charge is 2.27. The number of aromatic nitrogens is 2. The molecule has 1 aliphatic heterocycles. The quantitative estimate of drug-likeness (QED) is 0.761. The summed E-state index contributed by atoms with van der Waals surface area (Å²) in [7, 11) is 2.50. The van der Waals surface area contributed by atoms with Crippen LogP contribution < -0.4 is 4.90 Å². The van der Waals surface area contributed by atoms with Crippen LogP contribution in [-0.4, -0.2) is 36.3 Å². The van der Waals surface area contributed by atoms with Gasteiger partial charge >= 0.3 is 11.9 Å². The number of esters is 2. The minimum Gasteiger partial charge on any atom is -0.465 e. The Morgan fingerprint density at radius 2 is 1.74 bits per heavy atom. The number of aryl methyl sites for hydroxylation is 1. The van der Waals surface area contributed by atoms with E-state index in [4.69, 9.17) is 14.0 Å². The van der Waals surface area contributed by atoms with Crippen molar-refractivity contribution in [2.45, 2.75) is 6.92 Å².